The minimum atomic E-state index is -0.232. The van der Waals surface area contributed by atoms with Crippen LogP contribution in [0.25, 0.3) is 21.5 Å². The van der Waals surface area contributed by atoms with Crippen molar-refractivity contribution in [3.05, 3.63) is 60.2 Å². The fourth-order valence-corrected chi connectivity index (χ4v) is 4.44. The molecule has 1 heterocycles. The van der Waals surface area contributed by atoms with Crippen molar-refractivity contribution < 1.29 is 5.11 Å². The van der Waals surface area contributed by atoms with Crippen molar-refractivity contribution in [3.8, 4) is 0 Å². The van der Waals surface area contributed by atoms with Crippen LogP contribution in [0.15, 0.2) is 54.6 Å². The number of piperazine rings is 1. The van der Waals surface area contributed by atoms with Crippen molar-refractivity contribution in [1.82, 2.24) is 10.2 Å². The van der Waals surface area contributed by atoms with E-state index in [9.17, 15) is 5.11 Å². The van der Waals surface area contributed by atoms with Crippen LogP contribution in [-0.2, 0) is 0 Å². The van der Waals surface area contributed by atoms with E-state index >= 15 is 0 Å². The molecule has 1 aliphatic rings. The lowest BCUT2D eigenvalue weighted by molar-refractivity contribution is 0.0320. The zero-order valence-corrected chi connectivity index (χ0v) is 16.9. The molecule has 0 radical (unpaired) electrons. The topological polar surface area (TPSA) is 35.5 Å². The third-order valence-corrected chi connectivity index (χ3v) is 5.75. The van der Waals surface area contributed by atoms with Gasteiger partial charge in [0.15, 0.2) is 0 Å². The maximum absolute atomic E-state index is 10.3. The molecule has 1 atom stereocenters. The van der Waals surface area contributed by atoms with E-state index in [1.165, 1.54) is 27.1 Å². The van der Waals surface area contributed by atoms with Crippen LogP contribution in [0, 0.1) is 5.41 Å². The van der Waals surface area contributed by atoms with Crippen LogP contribution in [0.3, 0.4) is 0 Å². The Kier molecular flexibility index (Phi) is 6.07. The molecule has 1 aliphatic heterocycles. The van der Waals surface area contributed by atoms with E-state index < -0.39 is 0 Å². The van der Waals surface area contributed by atoms with Gasteiger partial charge in [0.25, 0.3) is 0 Å². The molecule has 3 aromatic rings. The molecule has 0 bridgehead atoms. The molecular weight excluding hydrogens is 356 g/mol. The Labute approximate surface area is 167 Å². The predicted octanol–water partition coefficient (Wildman–Crippen LogP) is 4.38. The van der Waals surface area contributed by atoms with Gasteiger partial charge in [0.1, 0.15) is 0 Å². The molecular formula is C23H29ClN2O. The average Bonchev–Trinajstić information content (AvgIpc) is 2.68. The van der Waals surface area contributed by atoms with Gasteiger partial charge in [0.2, 0.25) is 0 Å². The molecule has 0 aromatic heterocycles. The first-order valence-corrected chi connectivity index (χ1v) is 9.58. The van der Waals surface area contributed by atoms with Crippen molar-refractivity contribution in [3.63, 3.8) is 0 Å². The van der Waals surface area contributed by atoms with Crippen LogP contribution in [0.5, 0.6) is 0 Å². The summed E-state index contributed by atoms with van der Waals surface area (Å²) in [4.78, 5) is 2.56. The first kappa shape index (κ1) is 20.1. The molecule has 1 fully saturated rings. The van der Waals surface area contributed by atoms with Gasteiger partial charge in [-0.25, -0.2) is 0 Å². The van der Waals surface area contributed by atoms with Crippen LogP contribution in [0.1, 0.15) is 25.5 Å². The van der Waals surface area contributed by atoms with E-state index in [0.717, 1.165) is 26.2 Å². The number of nitrogens with zero attached hydrogens (tertiary/aromatic N) is 1. The van der Waals surface area contributed by atoms with Gasteiger partial charge in [0.05, 0.1) is 0 Å². The summed E-state index contributed by atoms with van der Waals surface area (Å²) in [6.45, 7) is 8.56. The minimum absolute atomic E-state index is 0. The highest BCUT2D eigenvalue weighted by Gasteiger charge is 2.37. The second kappa shape index (κ2) is 8.15. The molecule has 3 aromatic carbocycles. The van der Waals surface area contributed by atoms with Gasteiger partial charge in [-0.1, -0.05) is 62.4 Å². The lowest BCUT2D eigenvalue weighted by atomic mass is 9.76. The Bertz CT molecular complexity index is 865. The summed E-state index contributed by atoms with van der Waals surface area (Å²) in [6.07, 6.45) is 0. The van der Waals surface area contributed by atoms with Gasteiger partial charge in [0, 0.05) is 44.2 Å². The Morgan fingerprint density at radius 2 is 1.48 bits per heavy atom. The van der Waals surface area contributed by atoms with Crippen LogP contribution in [0.2, 0.25) is 0 Å². The third kappa shape index (κ3) is 3.70. The molecule has 144 valence electrons. The number of hydrogen-bond donors (Lipinski definition) is 2. The van der Waals surface area contributed by atoms with Crippen molar-refractivity contribution in [1.29, 1.82) is 0 Å². The number of halogens is 1. The highest BCUT2D eigenvalue weighted by atomic mass is 35.5. The third-order valence-electron chi connectivity index (χ3n) is 5.75. The van der Waals surface area contributed by atoms with Crippen LogP contribution < -0.4 is 5.32 Å². The van der Waals surface area contributed by atoms with Crippen LogP contribution in [-0.4, -0.2) is 42.8 Å². The van der Waals surface area contributed by atoms with Crippen molar-refractivity contribution >= 4 is 34.0 Å². The molecule has 0 spiro atoms. The Balaban J connectivity index is 0.00000210. The molecule has 4 rings (SSSR count). The van der Waals surface area contributed by atoms with Gasteiger partial charge >= 0.3 is 0 Å². The second-order valence-electron chi connectivity index (χ2n) is 8.07. The van der Waals surface area contributed by atoms with Crippen LogP contribution in [0.4, 0.5) is 0 Å². The first-order chi connectivity index (χ1) is 12.6. The zero-order valence-electron chi connectivity index (χ0n) is 16.1. The van der Waals surface area contributed by atoms with E-state index in [1.807, 2.05) is 0 Å². The number of rotatable bonds is 4. The monoisotopic (exact) mass is 384 g/mol. The standard InChI is InChI=1S/C23H28N2O.ClH/c1-23(2,16-26)22(25-13-11-24-12-14-25)21-19-9-5-3-7-17(19)15-18-8-4-6-10-20(18)21;/h3-10,15,22,24,26H,11-14,16H2,1-2H3;1H/t22-;/m1./s1. The Hall–Kier alpha value is -1.65. The first-order valence-electron chi connectivity index (χ1n) is 9.58. The highest BCUT2D eigenvalue weighted by Crippen LogP contribution is 2.44. The van der Waals surface area contributed by atoms with E-state index in [4.69, 9.17) is 0 Å². The zero-order chi connectivity index (χ0) is 18.1. The number of nitrogens with one attached hydrogen (secondary N) is 1. The fourth-order valence-electron chi connectivity index (χ4n) is 4.44. The van der Waals surface area contributed by atoms with Gasteiger partial charge in [-0.05, 0) is 33.2 Å². The van der Waals surface area contributed by atoms with Crippen molar-refractivity contribution in [2.45, 2.75) is 19.9 Å². The summed E-state index contributed by atoms with van der Waals surface area (Å²) in [5.74, 6) is 0. The number of benzene rings is 3. The van der Waals surface area contributed by atoms with E-state index in [1.54, 1.807) is 0 Å². The summed E-state index contributed by atoms with van der Waals surface area (Å²) in [5, 5.41) is 18.9. The number of hydrogen-bond acceptors (Lipinski definition) is 3. The second-order valence-corrected chi connectivity index (χ2v) is 8.07. The lowest BCUT2D eigenvalue weighted by Gasteiger charge is -2.44. The van der Waals surface area contributed by atoms with Gasteiger partial charge in [-0.3, -0.25) is 4.90 Å². The van der Waals surface area contributed by atoms with Crippen LogP contribution >= 0.6 is 12.4 Å². The highest BCUT2D eigenvalue weighted by molar-refractivity contribution is 6.02. The molecule has 0 aliphatic carbocycles. The summed E-state index contributed by atoms with van der Waals surface area (Å²) in [6, 6.07) is 19.8. The van der Waals surface area contributed by atoms with Gasteiger partial charge < -0.3 is 10.4 Å². The van der Waals surface area contributed by atoms with Gasteiger partial charge in [-0.15, -0.1) is 12.4 Å². The smallest absolute Gasteiger partial charge is 0.0500 e. The van der Waals surface area contributed by atoms with E-state index in [-0.39, 0.29) is 30.5 Å². The maximum Gasteiger partial charge on any atom is 0.0500 e. The van der Waals surface area contributed by atoms with E-state index in [2.05, 4.69) is 78.7 Å². The normalized spacial score (nSPS) is 17.0. The van der Waals surface area contributed by atoms with Gasteiger partial charge in [-0.2, -0.15) is 0 Å². The molecule has 0 saturated carbocycles. The Morgan fingerprint density at radius 1 is 0.963 bits per heavy atom. The largest absolute Gasteiger partial charge is 0.396 e. The van der Waals surface area contributed by atoms with Crippen molar-refractivity contribution in [2.24, 2.45) is 5.41 Å². The predicted molar refractivity (Wildman–Crippen MR) is 117 cm³/mol. The molecule has 1 saturated heterocycles. The summed E-state index contributed by atoms with van der Waals surface area (Å²) in [5.41, 5.74) is 1.13. The summed E-state index contributed by atoms with van der Waals surface area (Å²) < 4.78 is 0. The number of aliphatic hydroxyl groups is 1. The lowest BCUT2D eigenvalue weighted by Crippen LogP contribution is -2.49. The quantitative estimate of drug-likeness (QED) is 0.655. The minimum Gasteiger partial charge on any atom is -0.396 e. The van der Waals surface area contributed by atoms with E-state index in [0.29, 0.717) is 0 Å². The number of aliphatic hydroxyl groups excluding tert-OH is 1. The maximum atomic E-state index is 10.3. The molecule has 0 amide bonds. The average molecular weight is 385 g/mol. The summed E-state index contributed by atoms with van der Waals surface area (Å²) in [7, 11) is 0. The number of fused-ring (bicyclic) bond motifs is 2. The molecule has 3 nitrogen and oxygen atoms in total. The molecule has 2 N–H and O–H groups in total. The summed E-state index contributed by atoms with van der Waals surface area (Å²) >= 11 is 0. The fraction of sp³-hybridized carbons (Fsp3) is 0.391. The Morgan fingerprint density at radius 3 is 2.00 bits per heavy atom. The molecule has 27 heavy (non-hydrogen) atoms. The SMILES string of the molecule is CC(C)(CO)[C@@H](c1c2ccccc2cc2ccccc12)N1CCNCC1.Cl. The van der Waals surface area contributed by atoms with Crippen molar-refractivity contribution in [2.75, 3.05) is 32.8 Å². The molecule has 0 unspecified atom stereocenters. The molecule has 4 heteroatoms.